The fourth-order valence-electron chi connectivity index (χ4n) is 11.8. The molecule has 0 unspecified atom stereocenters. The maximum Gasteiger partial charge on any atom is 0.306 e. The monoisotopic (exact) mass is 570 g/mol. The van der Waals surface area contributed by atoms with Crippen LogP contribution in [0.15, 0.2) is 0 Å². The first-order chi connectivity index (χ1) is 19.7. The van der Waals surface area contributed by atoms with Crippen LogP contribution in [0.1, 0.15) is 150 Å². The first-order valence-corrected chi connectivity index (χ1v) is 18.2. The summed E-state index contributed by atoms with van der Waals surface area (Å²) in [6, 6.07) is 0. The van der Waals surface area contributed by atoms with Gasteiger partial charge in [0.1, 0.15) is 6.10 Å². The van der Waals surface area contributed by atoms with E-state index < -0.39 is 0 Å². The largest absolute Gasteiger partial charge is 0.462 e. The van der Waals surface area contributed by atoms with Gasteiger partial charge in [-0.15, -0.1) is 0 Å². The van der Waals surface area contributed by atoms with E-state index in [0.717, 1.165) is 56.0 Å². The maximum atomic E-state index is 12.7. The van der Waals surface area contributed by atoms with Crippen molar-refractivity contribution >= 4 is 5.97 Å². The molecule has 4 nitrogen and oxygen atoms in total. The average Bonchev–Trinajstić information content (AvgIpc) is 3.40. The predicted octanol–water partition coefficient (Wildman–Crippen LogP) is 9.49. The molecule has 6 rings (SSSR count). The van der Waals surface area contributed by atoms with Crippen molar-refractivity contribution in [3.8, 4) is 0 Å². The Kier molecular flexibility index (Phi) is 8.94. The first kappa shape index (κ1) is 30.4. The van der Waals surface area contributed by atoms with Gasteiger partial charge in [0, 0.05) is 18.8 Å². The van der Waals surface area contributed by atoms with Crippen LogP contribution in [0.25, 0.3) is 0 Å². The van der Waals surface area contributed by atoms with E-state index in [1.807, 2.05) is 0 Å². The Bertz CT molecular complexity index is 909. The number of ether oxygens (including phenoxy) is 3. The number of rotatable bonds is 9. The van der Waals surface area contributed by atoms with Crippen molar-refractivity contribution in [1.29, 1.82) is 0 Å². The molecule has 6 aliphatic rings. The van der Waals surface area contributed by atoms with Crippen molar-refractivity contribution in [2.45, 2.75) is 168 Å². The summed E-state index contributed by atoms with van der Waals surface area (Å²) >= 11 is 0. The van der Waals surface area contributed by atoms with Crippen molar-refractivity contribution in [3.63, 3.8) is 0 Å². The van der Waals surface area contributed by atoms with E-state index >= 15 is 0 Å². The SMILES string of the molecule is CCCCCCCCCC(=O)O[C@@H]1CC[C@@]2(C)[C@@H](CC[C@@H]3[C@H]2CC[C@]2(C)[C@@H]4[C@H](C[C@@H]32)O[C@]2(CC[C@@H](C)CO2)[C@H]4C)C1. The third-order valence-corrected chi connectivity index (χ3v) is 14.2. The van der Waals surface area contributed by atoms with Crippen LogP contribution in [0.4, 0.5) is 0 Å². The molecule has 0 N–H and O–H groups in total. The number of fused-ring (bicyclic) bond motifs is 7. The van der Waals surface area contributed by atoms with Crippen LogP contribution in [-0.2, 0) is 19.0 Å². The van der Waals surface area contributed by atoms with Crippen molar-refractivity contribution in [2.75, 3.05) is 6.61 Å². The van der Waals surface area contributed by atoms with Gasteiger partial charge in [-0.1, -0.05) is 73.1 Å². The Morgan fingerprint density at radius 3 is 2.34 bits per heavy atom. The fraction of sp³-hybridized carbons (Fsp3) is 0.973. The Hall–Kier alpha value is -0.610. The minimum Gasteiger partial charge on any atom is -0.462 e. The standard InChI is InChI=1S/C37H62O4/c1-6-7-8-9-10-11-12-13-33(38)40-28-17-19-35(4)27(22-28)14-15-29-30(35)18-20-36(5)31(29)23-32-34(36)26(3)37(41-32)21-16-25(2)24-39-37/h25-32,34H,6-24H2,1-5H3/t25-,26+,27+,28-,29-,30-,31+,32+,34+,35+,36+,37-/m1/s1. The molecule has 2 heterocycles. The minimum atomic E-state index is -0.305. The second kappa shape index (κ2) is 12.1. The van der Waals surface area contributed by atoms with Gasteiger partial charge in [0.2, 0.25) is 0 Å². The van der Waals surface area contributed by atoms with E-state index in [1.54, 1.807) is 0 Å². The predicted molar refractivity (Wildman–Crippen MR) is 164 cm³/mol. The summed E-state index contributed by atoms with van der Waals surface area (Å²) in [7, 11) is 0. The van der Waals surface area contributed by atoms with Crippen LogP contribution in [0, 0.1) is 52.3 Å². The van der Waals surface area contributed by atoms with Crippen LogP contribution in [-0.4, -0.2) is 30.6 Å². The molecule has 2 aliphatic heterocycles. The van der Waals surface area contributed by atoms with E-state index in [4.69, 9.17) is 14.2 Å². The first-order valence-electron chi connectivity index (χ1n) is 18.2. The molecule has 0 aromatic carbocycles. The fourth-order valence-corrected chi connectivity index (χ4v) is 11.8. The Morgan fingerprint density at radius 1 is 0.829 bits per heavy atom. The number of hydrogen-bond acceptors (Lipinski definition) is 4. The number of unbranched alkanes of at least 4 members (excludes halogenated alkanes) is 6. The average molecular weight is 571 g/mol. The lowest BCUT2D eigenvalue weighted by Gasteiger charge is -2.61. The highest BCUT2D eigenvalue weighted by atomic mass is 16.7. The summed E-state index contributed by atoms with van der Waals surface area (Å²) < 4.78 is 19.6. The molecule has 0 amide bonds. The van der Waals surface area contributed by atoms with E-state index in [1.165, 1.54) is 83.5 Å². The summed E-state index contributed by atoms with van der Waals surface area (Å²) in [5.41, 5.74) is 0.812. The number of carbonyl (C=O) groups excluding carboxylic acids is 1. The third kappa shape index (κ3) is 5.46. The van der Waals surface area contributed by atoms with Crippen molar-refractivity contribution in [3.05, 3.63) is 0 Å². The highest BCUT2D eigenvalue weighted by Gasteiger charge is 2.69. The number of esters is 1. The highest BCUT2D eigenvalue weighted by molar-refractivity contribution is 5.69. The Labute approximate surface area is 251 Å². The van der Waals surface area contributed by atoms with Gasteiger partial charge in [-0.25, -0.2) is 0 Å². The zero-order chi connectivity index (χ0) is 28.8. The molecular formula is C37H62O4. The van der Waals surface area contributed by atoms with Gasteiger partial charge in [0.05, 0.1) is 12.7 Å². The van der Waals surface area contributed by atoms with Crippen LogP contribution in [0.3, 0.4) is 0 Å². The molecule has 0 radical (unpaired) electrons. The van der Waals surface area contributed by atoms with E-state index in [2.05, 4.69) is 34.6 Å². The van der Waals surface area contributed by atoms with Crippen molar-refractivity contribution in [1.82, 2.24) is 0 Å². The minimum absolute atomic E-state index is 0.0649. The Morgan fingerprint density at radius 2 is 1.59 bits per heavy atom. The van der Waals surface area contributed by atoms with Gasteiger partial charge in [-0.2, -0.15) is 0 Å². The molecule has 0 bridgehead atoms. The molecule has 4 saturated carbocycles. The molecule has 0 aromatic rings. The lowest BCUT2D eigenvalue weighted by molar-refractivity contribution is -0.273. The summed E-state index contributed by atoms with van der Waals surface area (Å²) in [4.78, 5) is 12.7. The highest BCUT2D eigenvalue weighted by Crippen LogP contribution is 2.71. The van der Waals surface area contributed by atoms with Crippen molar-refractivity contribution < 1.29 is 19.0 Å². The molecule has 6 fully saturated rings. The lowest BCUT2D eigenvalue weighted by atomic mass is 9.44. The molecule has 1 spiro atoms. The topological polar surface area (TPSA) is 44.8 Å². The van der Waals surface area contributed by atoms with Crippen LogP contribution in [0.5, 0.6) is 0 Å². The molecule has 234 valence electrons. The van der Waals surface area contributed by atoms with Crippen LogP contribution < -0.4 is 0 Å². The summed E-state index contributed by atoms with van der Waals surface area (Å²) in [6.45, 7) is 13.2. The lowest BCUT2D eigenvalue weighted by Crippen LogP contribution is -2.55. The summed E-state index contributed by atoms with van der Waals surface area (Å²) in [6.07, 6.45) is 22.3. The van der Waals surface area contributed by atoms with E-state index in [9.17, 15) is 4.79 Å². The molecule has 12 atom stereocenters. The van der Waals surface area contributed by atoms with Gasteiger partial charge in [0.15, 0.2) is 5.79 Å². The molecule has 4 heteroatoms. The molecule has 4 aliphatic carbocycles. The third-order valence-electron chi connectivity index (χ3n) is 14.2. The van der Waals surface area contributed by atoms with Gasteiger partial charge < -0.3 is 14.2 Å². The summed E-state index contributed by atoms with van der Waals surface area (Å²) in [5.74, 6) is 4.77. The number of hydrogen-bond donors (Lipinski definition) is 0. The van der Waals surface area contributed by atoms with E-state index in [0.29, 0.717) is 41.1 Å². The quantitative estimate of drug-likeness (QED) is 0.205. The van der Waals surface area contributed by atoms with Crippen molar-refractivity contribution in [2.24, 2.45) is 52.3 Å². The van der Waals surface area contributed by atoms with Gasteiger partial charge in [-0.05, 0) is 111 Å². The second-order valence-corrected chi connectivity index (χ2v) is 16.4. The Balaban J connectivity index is 1.03. The molecular weight excluding hydrogens is 508 g/mol. The van der Waals surface area contributed by atoms with Gasteiger partial charge >= 0.3 is 5.97 Å². The van der Waals surface area contributed by atoms with Gasteiger partial charge in [-0.3, -0.25) is 4.79 Å². The molecule has 0 aromatic heterocycles. The zero-order valence-electron chi connectivity index (χ0n) is 27.3. The summed E-state index contributed by atoms with van der Waals surface area (Å²) in [5, 5.41) is 0. The number of carbonyl (C=O) groups is 1. The normalized spacial score (nSPS) is 48.8. The second-order valence-electron chi connectivity index (χ2n) is 16.4. The molecule has 2 saturated heterocycles. The van der Waals surface area contributed by atoms with Crippen LogP contribution >= 0.6 is 0 Å². The van der Waals surface area contributed by atoms with E-state index in [-0.39, 0.29) is 17.9 Å². The zero-order valence-corrected chi connectivity index (χ0v) is 27.3. The van der Waals surface area contributed by atoms with Gasteiger partial charge in [0.25, 0.3) is 0 Å². The van der Waals surface area contributed by atoms with Crippen LogP contribution in [0.2, 0.25) is 0 Å². The smallest absolute Gasteiger partial charge is 0.306 e. The maximum absolute atomic E-state index is 12.7. The molecule has 41 heavy (non-hydrogen) atoms.